The number of carbonyl (C=O) groups excluding carboxylic acids is 1. The summed E-state index contributed by atoms with van der Waals surface area (Å²) in [6.07, 6.45) is -4.35. The molecule has 0 bridgehead atoms. The summed E-state index contributed by atoms with van der Waals surface area (Å²) in [6.45, 7) is 1.15. The Bertz CT molecular complexity index is 414. The monoisotopic (exact) mass is 244 g/mol. The molecule has 1 aromatic rings. The average molecular weight is 244 g/mol. The van der Waals surface area contributed by atoms with E-state index < -0.39 is 17.8 Å². The second-order valence-electron chi connectivity index (χ2n) is 3.80. The van der Waals surface area contributed by atoms with Crippen molar-refractivity contribution in [2.75, 3.05) is 13.1 Å². The maximum atomic E-state index is 12.3. The fourth-order valence-corrected chi connectivity index (χ4v) is 1.73. The van der Waals surface area contributed by atoms with Crippen molar-refractivity contribution < 1.29 is 18.0 Å². The lowest BCUT2D eigenvalue weighted by Crippen LogP contribution is -2.47. The van der Waals surface area contributed by atoms with Crippen molar-refractivity contribution in [1.29, 1.82) is 0 Å². The zero-order valence-electron chi connectivity index (χ0n) is 8.84. The smallest absolute Gasteiger partial charge is 0.353 e. The topological polar surface area (TPSA) is 41.1 Å². The Hall–Kier alpha value is -1.56. The molecule has 0 saturated carbocycles. The Morgan fingerprint density at radius 3 is 2.29 bits per heavy atom. The van der Waals surface area contributed by atoms with Crippen molar-refractivity contribution in [2.45, 2.75) is 12.2 Å². The van der Waals surface area contributed by atoms with Crippen LogP contribution in [0.2, 0.25) is 0 Å². The second kappa shape index (κ2) is 4.37. The molecular formula is C11H11F3N2O. The van der Waals surface area contributed by atoms with E-state index in [0.29, 0.717) is 18.7 Å². The van der Waals surface area contributed by atoms with Crippen LogP contribution in [0.25, 0.3) is 0 Å². The number of amides is 1. The van der Waals surface area contributed by atoms with Gasteiger partial charge in [0.25, 0.3) is 0 Å². The van der Waals surface area contributed by atoms with Crippen LogP contribution in [-0.2, 0) is 11.0 Å². The van der Waals surface area contributed by atoms with Crippen molar-refractivity contribution in [1.82, 2.24) is 10.6 Å². The van der Waals surface area contributed by atoms with Gasteiger partial charge in [0.05, 0.1) is 5.56 Å². The van der Waals surface area contributed by atoms with E-state index >= 15 is 0 Å². The third-order valence-electron chi connectivity index (χ3n) is 2.61. The van der Waals surface area contributed by atoms with Gasteiger partial charge >= 0.3 is 6.18 Å². The first-order valence-corrected chi connectivity index (χ1v) is 5.17. The van der Waals surface area contributed by atoms with E-state index in [4.69, 9.17) is 0 Å². The Balaban J connectivity index is 2.20. The number of hydrogen-bond donors (Lipinski definition) is 2. The molecule has 0 spiro atoms. The van der Waals surface area contributed by atoms with Crippen LogP contribution >= 0.6 is 0 Å². The SMILES string of the molecule is O=C1NCCN[C@H]1c1ccc(C(F)(F)F)cc1. The molecule has 3 nitrogen and oxygen atoms in total. The molecule has 1 fully saturated rings. The average Bonchev–Trinajstić information content (AvgIpc) is 2.29. The highest BCUT2D eigenvalue weighted by atomic mass is 19.4. The highest BCUT2D eigenvalue weighted by Gasteiger charge is 2.31. The Kier molecular flexibility index (Phi) is 3.06. The van der Waals surface area contributed by atoms with E-state index in [9.17, 15) is 18.0 Å². The van der Waals surface area contributed by atoms with E-state index in [2.05, 4.69) is 10.6 Å². The normalized spacial score (nSPS) is 21.1. The molecule has 1 aromatic carbocycles. The fourth-order valence-electron chi connectivity index (χ4n) is 1.73. The first kappa shape index (κ1) is 11.9. The molecule has 1 amide bonds. The van der Waals surface area contributed by atoms with Gasteiger partial charge in [-0.15, -0.1) is 0 Å². The van der Waals surface area contributed by atoms with E-state index in [0.717, 1.165) is 12.1 Å². The molecular weight excluding hydrogens is 233 g/mol. The number of carbonyl (C=O) groups is 1. The van der Waals surface area contributed by atoms with E-state index in [1.165, 1.54) is 12.1 Å². The minimum absolute atomic E-state index is 0.212. The summed E-state index contributed by atoms with van der Waals surface area (Å²) in [5, 5.41) is 5.60. The highest BCUT2D eigenvalue weighted by molar-refractivity contribution is 5.83. The first-order valence-electron chi connectivity index (χ1n) is 5.17. The van der Waals surface area contributed by atoms with Gasteiger partial charge in [-0.2, -0.15) is 13.2 Å². The predicted octanol–water partition coefficient (Wildman–Crippen LogP) is 1.47. The molecule has 1 saturated heterocycles. The van der Waals surface area contributed by atoms with Crippen LogP contribution in [0.4, 0.5) is 13.2 Å². The van der Waals surface area contributed by atoms with Crippen molar-refractivity contribution in [3.63, 3.8) is 0 Å². The third kappa shape index (κ3) is 2.58. The Morgan fingerprint density at radius 1 is 1.12 bits per heavy atom. The van der Waals surface area contributed by atoms with E-state index in [-0.39, 0.29) is 5.91 Å². The third-order valence-corrected chi connectivity index (χ3v) is 2.61. The zero-order valence-corrected chi connectivity index (χ0v) is 8.84. The molecule has 17 heavy (non-hydrogen) atoms. The number of piperazine rings is 1. The van der Waals surface area contributed by atoms with Gasteiger partial charge in [-0.05, 0) is 17.7 Å². The van der Waals surface area contributed by atoms with Gasteiger partial charge in [0.2, 0.25) is 5.91 Å². The van der Waals surface area contributed by atoms with Crippen LogP contribution in [0.5, 0.6) is 0 Å². The summed E-state index contributed by atoms with van der Waals surface area (Å²) in [5.74, 6) is -0.212. The van der Waals surface area contributed by atoms with Crippen LogP contribution in [-0.4, -0.2) is 19.0 Å². The molecule has 0 radical (unpaired) electrons. The molecule has 1 aliphatic heterocycles. The molecule has 1 aliphatic rings. The van der Waals surface area contributed by atoms with Gasteiger partial charge in [-0.1, -0.05) is 12.1 Å². The lowest BCUT2D eigenvalue weighted by Gasteiger charge is -2.23. The van der Waals surface area contributed by atoms with Gasteiger partial charge in [0.1, 0.15) is 6.04 Å². The van der Waals surface area contributed by atoms with Gasteiger partial charge in [0, 0.05) is 13.1 Å². The number of hydrogen-bond acceptors (Lipinski definition) is 2. The maximum absolute atomic E-state index is 12.3. The predicted molar refractivity (Wildman–Crippen MR) is 55.2 cm³/mol. The first-order chi connectivity index (χ1) is 7.98. The highest BCUT2D eigenvalue weighted by Crippen LogP contribution is 2.30. The Labute approximate surface area is 96.0 Å². The standard InChI is InChI=1S/C11H11F3N2O/c12-11(13,14)8-3-1-7(2-4-8)9-10(17)16-6-5-15-9/h1-4,9,15H,5-6H2,(H,16,17)/t9-/m0/s1. The molecule has 0 unspecified atom stereocenters. The summed E-state index contributed by atoms with van der Waals surface area (Å²) < 4.78 is 37.0. The summed E-state index contributed by atoms with van der Waals surface area (Å²) in [5.41, 5.74) is -0.173. The molecule has 1 heterocycles. The van der Waals surface area contributed by atoms with E-state index in [1.54, 1.807) is 0 Å². The van der Waals surface area contributed by atoms with Gasteiger partial charge in [-0.25, -0.2) is 0 Å². The van der Waals surface area contributed by atoms with Crippen LogP contribution in [0.1, 0.15) is 17.2 Å². The summed E-state index contributed by atoms with van der Waals surface area (Å²) in [4.78, 5) is 11.5. The quantitative estimate of drug-likeness (QED) is 0.785. The minimum Gasteiger partial charge on any atom is -0.353 e. The van der Waals surface area contributed by atoms with Crippen molar-refractivity contribution in [2.24, 2.45) is 0 Å². The van der Waals surface area contributed by atoms with Gasteiger partial charge in [-0.3, -0.25) is 4.79 Å². The molecule has 0 aliphatic carbocycles. The largest absolute Gasteiger partial charge is 0.416 e. The van der Waals surface area contributed by atoms with Crippen LogP contribution < -0.4 is 10.6 Å². The summed E-state index contributed by atoms with van der Waals surface area (Å²) >= 11 is 0. The van der Waals surface area contributed by atoms with Crippen LogP contribution in [0, 0.1) is 0 Å². The lowest BCUT2D eigenvalue weighted by atomic mass is 10.0. The zero-order chi connectivity index (χ0) is 12.5. The van der Waals surface area contributed by atoms with E-state index in [1.807, 2.05) is 0 Å². The van der Waals surface area contributed by atoms with Gasteiger partial charge in [0.15, 0.2) is 0 Å². The number of halogens is 3. The molecule has 6 heteroatoms. The second-order valence-corrected chi connectivity index (χ2v) is 3.80. The van der Waals surface area contributed by atoms with Crippen molar-refractivity contribution >= 4 is 5.91 Å². The summed E-state index contributed by atoms with van der Waals surface area (Å²) in [7, 11) is 0. The van der Waals surface area contributed by atoms with Crippen LogP contribution in [0.15, 0.2) is 24.3 Å². The molecule has 2 rings (SSSR count). The maximum Gasteiger partial charge on any atom is 0.416 e. The van der Waals surface area contributed by atoms with Crippen molar-refractivity contribution in [3.8, 4) is 0 Å². The lowest BCUT2D eigenvalue weighted by molar-refractivity contribution is -0.137. The molecule has 1 atom stereocenters. The van der Waals surface area contributed by atoms with Crippen molar-refractivity contribution in [3.05, 3.63) is 35.4 Å². The molecule has 0 aromatic heterocycles. The number of alkyl halides is 3. The number of benzene rings is 1. The van der Waals surface area contributed by atoms with Gasteiger partial charge < -0.3 is 10.6 Å². The van der Waals surface area contributed by atoms with Crippen LogP contribution in [0.3, 0.4) is 0 Å². The number of rotatable bonds is 1. The Morgan fingerprint density at radius 2 is 1.76 bits per heavy atom. The molecule has 2 N–H and O–H groups in total. The minimum atomic E-state index is -4.35. The molecule has 92 valence electrons. The summed E-state index contributed by atoms with van der Waals surface area (Å²) in [6, 6.07) is 4.06. The fraction of sp³-hybridized carbons (Fsp3) is 0.364. The number of nitrogens with one attached hydrogen (secondary N) is 2.